The van der Waals surface area contributed by atoms with E-state index in [2.05, 4.69) is 19.9 Å². The number of carbonyl (C=O) groups is 1. The second-order valence-electron chi connectivity index (χ2n) is 11.4. The van der Waals surface area contributed by atoms with Crippen LogP contribution in [0.25, 0.3) is 0 Å². The summed E-state index contributed by atoms with van der Waals surface area (Å²) < 4.78 is 32.9. The number of nitrogens with zero attached hydrogens (tertiary/aromatic N) is 4. The molecular formula is C34H40N4O9. The van der Waals surface area contributed by atoms with E-state index in [1.54, 1.807) is 65.5 Å². The molecule has 47 heavy (non-hydrogen) atoms. The van der Waals surface area contributed by atoms with Gasteiger partial charge in [-0.25, -0.2) is 9.97 Å². The number of hydrogen-bond donors (Lipinski definition) is 2. The van der Waals surface area contributed by atoms with Gasteiger partial charge in [-0.15, -0.1) is 0 Å². The van der Waals surface area contributed by atoms with Gasteiger partial charge in [-0.2, -0.15) is 0 Å². The van der Waals surface area contributed by atoms with Gasteiger partial charge in [0.1, 0.15) is 35.9 Å². The molecule has 1 aliphatic rings. The first-order valence-corrected chi connectivity index (χ1v) is 14.8. The molecule has 0 aromatic carbocycles. The Morgan fingerprint density at radius 3 is 1.77 bits per heavy atom. The number of rotatable bonds is 12. The molecule has 0 amide bonds. The third kappa shape index (κ3) is 9.42. The van der Waals surface area contributed by atoms with Gasteiger partial charge in [-0.3, -0.25) is 14.8 Å². The topological polar surface area (TPSA) is 164 Å². The van der Waals surface area contributed by atoms with Gasteiger partial charge in [0.05, 0.1) is 62.3 Å². The minimum atomic E-state index is -1.08. The second kappa shape index (κ2) is 15.7. The quantitative estimate of drug-likeness (QED) is 0.207. The van der Waals surface area contributed by atoms with E-state index in [0.29, 0.717) is 59.7 Å². The van der Waals surface area contributed by atoms with Gasteiger partial charge in [0.2, 0.25) is 11.8 Å². The number of carbonyl (C=O) groups excluding carboxylic acids is 1. The molecule has 4 aromatic rings. The van der Waals surface area contributed by atoms with Crippen LogP contribution in [0, 0.1) is 0 Å². The molecule has 13 heteroatoms. The highest BCUT2D eigenvalue weighted by Crippen LogP contribution is 2.34. The Hall–Kier alpha value is -4.69. The summed E-state index contributed by atoms with van der Waals surface area (Å²) in [6, 6.07) is 10.5. The molecule has 0 atom stereocenters. The number of hydrogen-bond acceptors (Lipinski definition) is 13. The van der Waals surface area contributed by atoms with Crippen LogP contribution in [0.15, 0.2) is 61.2 Å². The third-order valence-electron chi connectivity index (χ3n) is 6.87. The van der Waals surface area contributed by atoms with Gasteiger partial charge in [0.15, 0.2) is 12.6 Å². The van der Waals surface area contributed by atoms with Crippen molar-refractivity contribution in [3.8, 4) is 23.3 Å². The van der Waals surface area contributed by atoms with Crippen LogP contribution in [0.1, 0.15) is 72.4 Å². The van der Waals surface area contributed by atoms with Crippen molar-refractivity contribution < 1.29 is 43.4 Å². The molecule has 4 aromatic heterocycles. The zero-order valence-corrected chi connectivity index (χ0v) is 27.3. The van der Waals surface area contributed by atoms with E-state index in [4.69, 9.17) is 28.4 Å². The molecule has 13 nitrogen and oxygen atoms in total. The molecule has 2 N–H and O–H groups in total. The molecule has 250 valence electrons. The maximum Gasteiger partial charge on any atom is 0.213 e. The Labute approximate surface area is 273 Å². The molecule has 5 rings (SSSR count). The van der Waals surface area contributed by atoms with Gasteiger partial charge in [-0.05, 0) is 39.8 Å². The molecule has 0 spiro atoms. The highest BCUT2D eigenvalue weighted by molar-refractivity contribution is 5.79. The van der Waals surface area contributed by atoms with E-state index in [0.717, 1.165) is 16.7 Å². The first-order chi connectivity index (χ1) is 22.4. The lowest BCUT2D eigenvalue weighted by molar-refractivity contribution is -0.0461. The van der Waals surface area contributed by atoms with Gasteiger partial charge >= 0.3 is 0 Å². The van der Waals surface area contributed by atoms with Crippen molar-refractivity contribution in [3.63, 3.8) is 0 Å². The summed E-state index contributed by atoms with van der Waals surface area (Å²) in [5.41, 5.74) is 1.58. The smallest absolute Gasteiger partial charge is 0.213 e. The van der Waals surface area contributed by atoms with E-state index >= 15 is 0 Å². The van der Waals surface area contributed by atoms with Gasteiger partial charge in [0, 0.05) is 35.7 Å². The largest absolute Gasteiger partial charge is 0.487 e. The summed E-state index contributed by atoms with van der Waals surface area (Å²) in [5, 5.41) is 20.4. The predicted molar refractivity (Wildman–Crippen MR) is 169 cm³/mol. The molecule has 0 bridgehead atoms. The summed E-state index contributed by atoms with van der Waals surface area (Å²) in [5.74, 6) is 1.69. The van der Waals surface area contributed by atoms with Gasteiger partial charge in [0.25, 0.3) is 0 Å². The Balaban J connectivity index is 0.000000215. The zero-order chi connectivity index (χ0) is 34.0. The normalized spacial score (nSPS) is 13.4. The fourth-order valence-corrected chi connectivity index (χ4v) is 4.68. The van der Waals surface area contributed by atoms with Crippen LogP contribution < -0.4 is 18.9 Å². The first kappa shape index (κ1) is 35.2. The van der Waals surface area contributed by atoms with Crippen LogP contribution >= 0.6 is 0 Å². The minimum absolute atomic E-state index is 0.169. The molecule has 0 saturated carbocycles. The monoisotopic (exact) mass is 648 g/mol. The summed E-state index contributed by atoms with van der Waals surface area (Å²) in [4.78, 5) is 27.8. The van der Waals surface area contributed by atoms with Crippen LogP contribution in [-0.2, 0) is 33.9 Å². The number of aldehydes is 1. The number of ether oxygens (including phenoxy) is 6. The van der Waals surface area contributed by atoms with E-state index in [1.807, 2.05) is 18.2 Å². The standard InChI is InChI=1S/C18H22N2O5.C16H18N2O4/c1-18(2,21)16-12(5-4-6-19-16)11-25-14-10-20-15(22-3)9-13(14)17-23-7-8-24-17;1-16(2,20)15-11(5-4-6-17-15)10-22-13-8-18-14(21-3)7-12(13)9-19/h4-6,9-10,17,21H,7-8,11H2,1-3H3;4-9,20H,10H2,1-3H3. The van der Waals surface area contributed by atoms with Crippen molar-refractivity contribution in [2.75, 3.05) is 27.4 Å². The van der Waals surface area contributed by atoms with Gasteiger partial charge in [-0.1, -0.05) is 12.1 Å². The fourth-order valence-electron chi connectivity index (χ4n) is 4.68. The van der Waals surface area contributed by atoms with E-state index in [-0.39, 0.29) is 13.2 Å². The number of methoxy groups -OCH3 is 2. The maximum absolute atomic E-state index is 11.1. The van der Waals surface area contributed by atoms with Crippen molar-refractivity contribution in [3.05, 3.63) is 94.8 Å². The van der Waals surface area contributed by atoms with Crippen molar-refractivity contribution in [2.45, 2.75) is 58.4 Å². The van der Waals surface area contributed by atoms with Crippen LogP contribution in [0.5, 0.6) is 23.3 Å². The average Bonchev–Trinajstić information content (AvgIpc) is 3.61. The molecular weight excluding hydrogens is 608 g/mol. The predicted octanol–water partition coefficient (Wildman–Crippen LogP) is 4.44. The van der Waals surface area contributed by atoms with Crippen LogP contribution in [-0.4, -0.2) is 63.9 Å². The van der Waals surface area contributed by atoms with E-state index in [9.17, 15) is 15.0 Å². The molecule has 1 saturated heterocycles. The summed E-state index contributed by atoms with van der Waals surface area (Å²) >= 11 is 0. The average molecular weight is 649 g/mol. The lowest BCUT2D eigenvalue weighted by atomic mass is 10.00. The van der Waals surface area contributed by atoms with Crippen molar-refractivity contribution in [1.29, 1.82) is 0 Å². The number of aromatic nitrogens is 4. The van der Waals surface area contributed by atoms with Crippen LogP contribution in [0.3, 0.4) is 0 Å². The number of aliphatic hydroxyl groups is 2. The Kier molecular flexibility index (Phi) is 11.8. The Morgan fingerprint density at radius 2 is 1.28 bits per heavy atom. The molecule has 5 heterocycles. The molecule has 1 aliphatic heterocycles. The zero-order valence-electron chi connectivity index (χ0n) is 27.3. The molecule has 1 fully saturated rings. The van der Waals surface area contributed by atoms with Crippen LogP contribution in [0.4, 0.5) is 0 Å². The van der Waals surface area contributed by atoms with Crippen molar-refractivity contribution in [1.82, 2.24) is 19.9 Å². The molecule has 0 radical (unpaired) electrons. The highest BCUT2D eigenvalue weighted by atomic mass is 16.7. The SMILES string of the molecule is COc1cc(C2OCCO2)c(OCc2cccnc2C(C)(C)O)cn1.COc1cc(C=O)c(OCc2cccnc2C(C)(C)O)cn1. The number of pyridine rings is 4. The van der Waals surface area contributed by atoms with Crippen molar-refractivity contribution in [2.24, 2.45) is 0 Å². The van der Waals surface area contributed by atoms with E-state index in [1.165, 1.54) is 19.4 Å². The summed E-state index contributed by atoms with van der Waals surface area (Å²) in [7, 11) is 3.02. The molecule has 0 unspecified atom stereocenters. The second-order valence-corrected chi connectivity index (χ2v) is 11.4. The minimum Gasteiger partial charge on any atom is -0.487 e. The van der Waals surface area contributed by atoms with Crippen LogP contribution in [0.2, 0.25) is 0 Å². The fraction of sp³-hybridized carbons (Fsp3) is 0.382. The molecule has 0 aliphatic carbocycles. The highest BCUT2D eigenvalue weighted by Gasteiger charge is 2.26. The van der Waals surface area contributed by atoms with E-state index < -0.39 is 17.5 Å². The first-order valence-electron chi connectivity index (χ1n) is 14.8. The third-order valence-corrected chi connectivity index (χ3v) is 6.87. The lowest BCUT2D eigenvalue weighted by Crippen LogP contribution is -2.20. The van der Waals surface area contributed by atoms with Crippen molar-refractivity contribution >= 4 is 6.29 Å². The maximum atomic E-state index is 11.1. The Bertz CT molecular complexity index is 1630. The summed E-state index contributed by atoms with van der Waals surface area (Å²) in [6.45, 7) is 8.16. The van der Waals surface area contributed by atoms with Gasteiger partial charge < -0.3 is 38.6 Å². The lowest BCUT2D eigenvalue weighted by Gasteiger charge is -2.21. The summed E-state index contributed by atoms with van der Waals surface area (Å²) in [6.07, 6.45) is 6.45. The Morgan fingerprint density at radius 1 is 0.787 bits per heavy atom.